The molecule has 0 aliphatic heterocycles. The van der Waals surface area contributed by atoms with Crippen molar-refractivity contribution in [2.75, 3.05) is 6.54 Å². The Hall–Kier alpha value is -1.44. The summed E-state index contributed by atoms with van der Waals surface area (Å²) < 4.78 is 0. The van der Waals surface area contributed by atoms with Crippen LogP contribution in [0.4, 0.5) is 0 Å². The van der Waals surface area contributed by atoms with Gasteiger partial charge in [-0.05, 0) is 6.92 Å². The molecule has 0 bridgehead atoms. The summed E-state index contributed by atoms with van der Waals surface area (Å²) in [6, 6.07) is 9.46. The van der Waals surface area contributed by atoms with E-state index < -0.39 is 0 Å². The molecule has 0 aliphatic carbocycles. The Bertz CT molecular complexity index is 277. The number of nitrogens with zero attached hydrogens (tertiary/aromatic N) is 1. The molecule has 0 amide bonds. The Balaban J connectivity index is 2.96. The molecule has 1 aromatic carbocycles. The number of rotatable bonds is 3. The highest BCUT2D eigenvalue weighted by Gasteiger charge is 1.97. The average molecular weight is 161 g/mol. The van der Waals surface area contributed by atoms with Gasteiger partial charge in [0.1, 0.15) is 5.71 Å². The summed E-state index contributed by atoms with van der Waals surface area (Å²) in [7, 11) is 0. The fourth-order valence-electron chi connectivity index (χ4n) is 0.976. The molecule has 0 N–H and O–H groups in total. The molecule has 0 unspecified atom stereocenters. The molecule has 0 radical (unpaired) electrons. The number of benzene rings is 1. The molecule has 12 heavy (non-hydrogen) atoms. The lowest BCUT2D eigenvalue weighted by atomic mass is 10.1. The summed E-state index contributed by atoms with van der Waals surface area (Å²) in [4.78, 5) is 14.6. The van der Waals surface area contributed by atoms with Gasteiger partial charge in [-0.25, -0.2) is 0 Å². The normalized spacial score (nSPS) is 11.2. The zero-order chi connectivity index (χ0) is 8.81. The largest absolute Gasteiger partial charge is 0.296 e. The third-order valence-corrected chi connectivity index (χ3v) is 1.51. The van der Waals surface area contributed by atoms with Crippen LogP contribution >= 0.6 is 0 Å². The number of carbonyl (C=O) groups is 1. The molecular formula is C10H11NO. The van der Waals surface area contributed by atoms with Crippen LogP contribution in [-0.4, -0.2) is 18.5 Å². The van der Waals surface area contributed by atoms with Crippen molar-refractivity contribution in [1.29, 1.82) is 0 Å². The lowest BCUT2D eigenvalue weighted by Crippen LogP contribution is -2.02. The standard InChI is InChI=1S/C10H11NO/c1-2-11-10(8-12)9-6-4-3-5-7-9/h3-8H,2H2,1H3. The van der Waals surface area contributed by atoms with E-state index in [1.165, 1.54) is 0 Å². The van der Waals surface area contributed by atoms with Crippen LogP contribution < -0.4 is 0 Å². The number of hydrogen-bond acceptors (Lipinski definition) is 2. The Morgan fingerprint density at radius 2 is 2.08 bits per heavy atom. The minimum Gasteiger partial charge on any atom is -0.296 e. The Morgan fingerprint density at radius 1 is 1.42 bits per heavy atom. The molecule has 0 heterocycles. The van der Waals surface area contributed by atoms with E-state index in [0.29, 0.717) is 12.3 Å². The van der Waals surface area contributed by atoms with Gasteiger partial charge in [-0.2, -0.15) is 0 Å². The van der Waals surface area contributed by atoms with Crippen molar-refractivity contribution in [2.24, 2.45) is 4.99 Å². The van der Waals surface area contributed by atoms with Crippen LogP contribution in [0, 0.1) is 0 Å². The third-order valence-electron chi connectivity index (χ3n) is 1.51. The fraction of sp³-hybridized carbons (Fsp3) is 0.200. The maximum atomic E-state index is 10.6. The van der Waals surface area contributed by atoms with Gasteiger partial charge >= 0.3 is 0 Å². The minimum atomic E-state index is 0.526. The first-order valence-electron chi connectivity index (χ1n) is 3.93. The van der Waals surface area contributed by atoms with Gasteiger partial charge in [0.15, 0.2) is 6.29 Å². The summed E-state index contributed by atoms with van der Waals surface area (Å²) in [6.07, 6.45) is 0.791. The molecule has 2 heteroatoms. The molecule has 0 saturated carbocycles. The topological polar surface area (TPSA) is 29.4 Å². The van der Waals surface area contributed by atoms with Crippen LogP contribution in [0.5, 0.6) is 0 Å². The predicted octanol–water partition coefficient (Wildman–Crippen LogP) is 1.69. The van der Waals surface area contributed by atoms with E-state index >= 15 is 0 Å². The maximum absolute atomic E-state index is 10.6. The van der Waals surface area contributed by atoms with E-state index in [9.17, 15) is 4.79 Å². The summed E-state index contributed by atoms with van der Waals surface area (Å²) in [6.45, 7) is 2.55. The van der Waals surface area contributed by atoms with Crippen LogP contribution in [0.25, 0.3) is 0 Å². The number of carbonyl (C=O) groups excluding carboxylic acids is 1. The van der Waals surface area contributed by atoms with Crippen LogP contribution in [-0.2, 0) is 4.79 Å². The maximum Gasteiger partial charge on any atom is 0.168 e. The molecule has 1 rings (SSSR count). The van der Waals surface area contributed by atoms with E-state index in [0.717, 1.165) is 11.8 Å². The van der Waals surface area contributed by atoms with Crippen molar-refractivity contribution < 1.29 is 4.79 Å². The highest BCUT2D eigenvalue weighted by Crippen LogP contribution is 1.99. The van der Waals surface area contributed by atoms with E-state index in [4.69, 9.17) is 0 Å². The lowest BCUT2D eigenvalue weighted by Gasteiger charge is -1.96. The first-order chi connectivity index (χ1) is 5.88. The van der Waals surface area contributed by atoms with Crippen molar-refractivity contribution in [3.05, 3.63) is 35.9 Å². The molecule has 2 nitrogen and oxygen atoms in total. The quantitative estimate of drug-likeness (QED) is 0.490. The summed E-state index contributed by atoms with van der Waals surface area (Å²) in [5, 5.41) is 0. The van der Waals surface area contributed by atoms with Crippen molar-refractivity contribution >= 4 is 12.0 Å². The smallest absolute Gasteiger partial charge is 0.168 e. The summed E-state index contributed by atoms with van der Waals surface area (Å²) in [5.41, 5.74) is 1.41. The fourth-order valence-corrected chi connectivity index (χ4v) is 0.976. The molecule has 0 saturated heterocycles. The molecule has 0 aromatic heterocycles. The van der Waals surface area contributed by atoms with Gasteiger partial charge in [-0.3, -0.25) is 9.79 Å². The van der Waals surface area contributed by atoms with Crippen molar-refractivity contribution in [2.45, 2.75) is 6.92 Å². The van der Waals surface area contributed by atoms with Gasteiger partial charge in [0.2, 0.25) is 0 Å². The zero-order valence-electron chi connectivity index (χ0n) is 7.03. The first kappa shape index (κ1) is 8.65. The van der Waals surface area contributed by atoms with E-state index in [1.54, 1.807) is 0 Å². The van der Waals surface area contributed by atoms with Crippen LogP contribution in [0.3, 0.4) is 0 Å². The second-order valence-electron chi connectivity index (χ2n) is 2.34. The van der Waals surface area contributed by atoms with Gasteiger partial charge in [0.25, 0.3) is 0 Å². The SMILES string of the molecule is CCN=C(C=O)c1ccccc1. The third kappa shape index (κ3) is 2.02. The average Bonchev–Trinajstić information content (AvgIpc) is 2.15. The van der Waals surface area contributed by atoms with Crippen LogP contribution in [0.1, 0.15) is 12.5 Å². The number of hydrogen-bond donors (Lipinski definition) is 0. The highest BCUT2D eigenvalue weighted by molar-refractivity contribution is 6.36. The zero-order valence-corrected chi connectivity index (χ0v) is 7.03. The molecule has 0 spiro atoms. The highest BCUT2D eigenvalue weighted by atomic mass is 16.1. The van der Waals surface area contributed by atoms with E-state index in [-0.39, 0.29) is 0 Å². The van der Waals surface area contributed by atoms with Gasteiger partial charge < -0.3 is 0 Å². The number of aldehydes is 1. The van der Waals surface area contributed by atoms with E-state index in [2.05, 4.69) is 4.99 Å². The van der Waals surface area contributed by atoms with Gasteiger partial charge in [-0.15, -0.1) is 0 Å². The molecule has 0 atom stereocenters. The van der Waals surface area contributed by atoms with Crippen molar-refractivity contribution in [3.63, 3.8) is 0 Å². The van der Waals surface area contributed by atoms with Crippen LogP contribution in [0.2, 0.25) is 0 Å². The number of aliphatic imine (C=N–C) groups is 1. The van der Waals surface area contributed by atoms with E-state index in [1.807, 2.05) is 37.3 Å². The molecular weight excluding hydrogens is 150 g/mol. The van der Waals surface area contributed by atoms with Gasteiger partial charge in [-0.1, -0.05) is 30.3 Å². The summed E-state index contributed by atoms with van der Waals surface area (Å²) >= 11 is 0. The second-order valence-corrected chi connectivity index (χ2v) is 2.34. The van der Waals surface area contributed by atoms with Gasteiger partial charge in [0.05, 0.1) is 0 Å². The molecule has 62 valence electrons. The lowest BCUT2D eigenvalue weighted by molar-refractivity contribution is -0.102. The monoisotopic (exact) mass is 161 g/mol. The van der Waals surface area contributed by atoms with Crippen molar-refractivity contribution in [3.8, 4) is 0 Å². The van der Waals surface area contributed by atoms with Gasteiger partial charge in [0, 0.05) is 12.1 Å². The predicted molar refractivity (Wildman–Crippen MR) is 49.6 cm³/mol. The Kier molecular flexibility index (Phi) is 3.20. The van der Waals surface area contributed by atoms with Crippen molar-refractivity contribution in [1.82, 2.24) is 0 Å². The van der Waals surface area contributed by atoms with Crippen LogP contribution in [0.15, 0.2) is 35.3 Å². The molecule has 1 aromatic rings. The Morgan fingerprint density at radius 3 is 2.58 bits per heavy atom. The first-order valence-corrected chi connectivity index (χ1v) is 3.93. The second kappa shape index (κ2) is 4.44. The molecule has 0 fully saturated rings. The Labute approximate surface area is 71.9 Å². The summed E-state index contributed by atoms with van der Waals surface area (Å²) in [5.74, 6) is 0. The minimum absolute atomic E-state index is 0.526. The molecule has 0 aliphatic rings.